The van der Waals surface area contributed by atoms with Crippen molar-refractivity contribution >= 4 is 15.7 Å². The zero-order valence-electron chi connectivity index (χ0n) is 11.6. The fourth-order valence-electron chi connectivity index (χ4n) is 2.15. The van der Waals surface area contributed by atoms with Crippen LogP contribution >= 0.6 is 0 Å². The second-order valence-electron chi connectivity index (χ2n) is 4.99. The van der Waals surface area contributed by atoms with Gasteiger partial charge in [0.15, 0.2) is 5.03 Å². The summed E-state index contributed by atoms with van der Waals surface area (Å²) < 4.78 is 26.7. The van der Waals surface area contributed by atoms with E-state index in [0.29, 0.717) is 18.2 Å². The molecule has 0 saturated heterocycles. The molecule has 1 N–H and O–H groups in total. The summed E-state index contributed by atoms with van der Waals surface area (Å²) >= 11 is 0. The molecule has 1 aromatic heterocycles. The zero-order valence-corrected chi connectivity index (χ0v) is 12.4. The Hall–Kier alpha value is -1.14. The molecule has 6 heteroatoms. The second kappa shape index (κ2) is 5.46. The lowest BCUT2D eigenvalue weighted by Crippen LogP contribution is -2.37. The highest BCUT2D eigenvalue weighted by Gasteiger charge is 2.37. The summed E-state index contributed by atoms with van der Waals surface area (Å²) in [6.07, 6.45) is 3.75. The van der Waals surface area contributed by atoms with E-state index in [1.807, 2.05) is 13.8 Å². The van der Waals surface area contributed by atoms with E-state index in [-0.39, 0.29) is 11.1 Å². The Morgan fingerprint density at radius 1 is 1.53 bits per heavy atom. The third-order valence-corrected chi connectivity index (χ3v) is 5.54. The first-order valence-electron chi connectivity index (χ1n) is 6.65. The molecule has 1 saturated carbocycles. The Kier molecular flexibility index (Phi) is 4.10. The minimum absolute atomic E-state index is 0.0292. The maximum atomic E-state index is 12.6. The van der Waals surface area contributed by atoms with Gasteiger partial charge in [0.1, 0.15) is 0 Å². The second-order valence-corrected chi connectivity index (χ2v) is 6.90. The lowest BCUT2D eigenvalue weighted by Gasteiger charge is -2.24. The number of rotatable bonds is 6. The highest BCUT2D eigenvalue weighted by Crippen LogP contribution is 2.36. The number of hydrogen-bond acceptors (Lipinski definition) is 4. The van der Waals surface area contributed by atoms with Crippen LogP contribution in [0, 0.1) is 5.92 Å². The molecule has 1 aliphatic rings. The molecule has 1 fully saturated rings. The maximum Gasteiger partial charge on any atom is 0.262 e. The van der Waals surface area contributed by atoms with Gasteiger partial charge in [-0.15, -0.1) is 0 Å². The van der Waals surface area contributed by atoms with Crippen LogP contribution in [-0.4, -0.2) is 37.3 Å². The highest BCUT2D eigenvalue weighted by molar-refractivity contribution is 7.89. The van der Waals surface area contributed by atoms with Gasteiger partial charge in [-0.2, -0.15) is 4.31 Å². The first-order valence-corrected chi connectivity index (χ1v) is 8.09. The molecule has 0 amide bonds. The topological polar surface area (TPSA) is 62.3 Å². The van der Waals surface area contributed by atoms with Crippen molar-refractivity contribution in [2.45, 2.75) is 37.8 Å². The fraction of sp³-hybridized carbons (Fsp3) is 0.615. The highest BCUT2D eigenvalue weighted by atomic mass is 32.2. The molecule has 5 nitrogen and oxygen atoms in total. The Morgan fingerprint density at radius 3 is 2.79 bits per heavy atom. The largest absolute Gasteiger partial charge is 0.383 e. The fourth-order valence-corrected chi connectivity index (χ4v) is 3.65. The van der Waals surface area contributed by atoms with Crippen LogP contribution in [0.5, 0.6) is 0 Å². The monoisotopic (exact) mass is 283 g/mol. The molecule has 0 aliphatic heterocycles. The van der Waals surface area contributed by atoms with Crippen LogP contribution in [0.2, 0.25) is 0 Å². The molecule has 19 heavy (non-hydrogen) atoms. The van der Waals surface area contributed by atoms with Crippen molar-refractivity contribution in [2.75, 3.05) is 18.9 Å². The van der Waals surface area contributed by atoms with E-state index < -0.39 is 10.0 Å². The van der Waals surface area contributed by atoms with Gasteiger partial charge in [0, 0.05) is 25.8 Å². The Morgan fingerprint density at radius 2 is 2.21 bits per heavy atom. The molecule has 1 heterocycles. The predicted molar refractivity (Wildman–Crippen MR) is 75.5 cm³/mol. The summed E-state index contributed by atoms with van der Waals surface area (Å²) in [5.41, 5.74) is 0.569. The Balaban J connectivity index is 2.32. The van der Waals surface area contributed by atoms with Gasteiger partial charge < -0.3 is 5.32 Å². The van der Waals surface area contributed by atoms with E-state index in [2.05, 4.69) is 10.3 Å². The number of hydrogen-bond donors (Lipinski definition) is 1. The van der Waals surface area contributed by atoms with Crippen LogP contribution in [0.3, 0.4) is 0 Å². The number of nitrogens with one attached hydrogen (secondary N) is 1. The van der Waals surface area contributed by atoms with Crippen molar-refractivity contribution in [3.63, 3.8) is 0 Å². The molecule has 1 aromatic rings. The van der Waals surface area contributed by atoms with Gasteiger partial charge in [0.2, 0.25) is 0 Å². The standard InChI is InChI=1S/C13H21N3O2S/c1-4-14-12-6-5-9-15-13(12)19(17,18)16(3)10(2)11-7-8-11/h5-6,9-11,14H,4,7-8H2,1-3H3. The first-order chi connectivity index (χ1) is 8.98. The van der Waals surface area contributed by atoms with E-state index in [9.17, 15) is 8.42 Å². The van der Waals surface area contributed by atoms with Gasteiger partial charge in [-0.3, -0.25) is 0 Å². The average Bonchev–Trinajstić information content (AvgIpc) is 3.22. The number of pyridine rings is 1. The number of aromatic nitrogens is 1. The van der Waals surface area contributed by atoms with Gasteiger partial charge in [-0.1, -0.05) is 0 Å². The van der Waals surface area contributed by atoms with E-state index in [1.54, 1.807) is 19.2 Å². The Bertz CT molecular complexity index is 541. The lowest BCUT2D eigenvalue weighted by molar-refractivity contribution is 0.356. The van der Waals surface area contributed by atoms with Gasteiger partial charge in [-0.25, -0.2) is 13.4 Å². The summed E-state index contributed by atoms with van der Waals surface area (Å²) in [6, 6.07) is 3.52. The lowest BCUT2D eigenvalue weighted by atomic mass is 10.2. The molecule has 106 valence electrons. The van der Waals surface area contributed by atoms with Crippen LogP contribution in [-0.2, 0) is 10.0 Å². The summed E-state index contributed by atoms with van der Waals surface area (Å²) in [7, 11) is -1.89. The number of sulfonamides is 1. The third-order valence-electron chi connectivity index (χ3n) is 3.64. The quantitative estimate of drug-likeness (QED) is 0.866. The van der Waals surface area contributed by atoms with E-state index in [4.69, 9.17) is 0 Å². The first kappa shape index (κ1) is 14.3. The minimum Gasteiger partial charge on any atom is -0.383 e. The minimum atomic E-state index is -3.54. The van der Waals surface area contributed by atoms with Crippen molar-refractivity contribution in [3.05, 3.63) is 18.3 Å². The third kappa shape index (κ3) is 2.90. The predicted octanol–water partition coefficient (Wildman–Crippen LogP) is 1.93. The Labute approximate surface area is 115 Å². The van der Waals surface area contributed by atoms with Crippen molar-refractivity contribution in [2.24, 2.45) is 5.92 Å². The average molecular weight is 283 g/mol. The van der Waals surface area contributed by atoms with Gasteiger partial charge in [-0.05, 0) is 44.7 Å². The van der Waals surface area contributed by atoms with Gasteiger partial charge in [0.25, 0.3) is 10.0 Å². The summed E-state index contributed by atoms with van der Waals surface area (Å²) in [5.74, 6) is 0.492. The SMILES string of the molecule is CCNc1cccnc1S(=O)(=O)N(C)C(C)C1CC1. The molecule has 1 aliphatic carbocycles. The number of anilines is 1. The maximum absolute atomic E-state index is 12.6. The van der Waals surface area contributed by atoms with E-state index in [0.717, 1.165) is 12.8 Å². The molecule has 0 aromatic carbocycles. The van der Waals surface area contributed by atoms with E-state index in [1.165, 1.54) is 10.5 Å². The van der Waals surface area contributed by atoms with Gasteiger partial charge >= 0.3 is 0 Å². The smallest absolute Gasteiger partial charge is 0.262 e. The molecular formula is C13H21N3O2S. The molecular weight excluding hydrogens is 262 g/mol. The normalized spacial score (nSPS) is 17.5. The number of nitrogens with zero attached hydrogens (tertiary/aromatic N) is 2. The molecule has 1 atom stereocenters. The molecule has 2 rings (SSSR count). The van der Waals surface area contributed by atoms with Crippen LogP contribution in [0.25, 0.3) is 0 Å². The van der Waals surface area contributed by atoms with Crippen LogP contribution in [0.15, 0.2) is 23.4 Å². The van der Waals surface area contributed by atoms with Crippen molar-refractivity contribution in [1.82, 2.24) is 9.29 Å². The van der Waals surface area contributed by atoms with Crippen LogP contribution < -0.4 is 5.32 Å². The van der Waals surface area contributed by atoms with Gasteiger partial charge in [0.05, 0.1) is 5.69 Å². The van der Waals surface area contributed by atoms with Crippen molar-refractivity contribution in [3.8, 4) is 0 Å². The summed E-state index contributed by atoms with van der Waals surface area (Å²) in [4.78, 5) is 4.06. The molecule has 0 radical (unpaired) electrons. The summed E-state index contributed by atoms with van der Waals surface area (Å²) in [5, 5.41) is 3.17. The summed E-state index contributed by atoms with van der Waals surface area (Å²) in [6.45, 7) is 4.56. The van der Waals surface area contributed by atoms with Crippen molar-refractivity contribution < 1.29 is 8.42 Å². The van der Waals surface area contributed by atoms with Crippen molar-refractivity contribution in [1.29, 1.82) is 0 Å². The molecule has 0 bridgehead atoms. The molecule has 0 spiro atoms. The molecule has 1 unspecified atom stereocenters. The van der Waals surface area contributed by atoms with Crippen LogP contribution in [0.4, 0.5) is 5.69 Å². The zero-order chi connectivity index (χ0) is 14.0. The van der Waals surface area contributed by atoms with E-state index >= 15 is 0 Å². The van der Waals surface area contributed by atoms with Crippen LogP contribution in [0.1, 0.15) is 26.7 Å².